The summed E-state index contributed by atoms with van der Waals surface area (Å²) in [6.45, 7) is 8.25. The van der Waals surface area contributed by atoms with Crippen LogP contribution in [0.2, 0.25) is 0 Å². The SMILES string of the molecule is C=CCc1ccccc1OCCOOc1ccccc1CC=C.O=S(=O)(O)O. The molecule has 0 atom stereocenters. The van der Waals surface area contributed by atoms with Crippen molar-refractivity contribution in [2.45, 2.75) is 12.8 Å². The van der Waals surface area contributed by atoms with E-state index in [1.54, 1.807) is 0 Å². The molecule has 0 spiro atoms. The first kappa shape index (κ1) is 23.4. The number of hydrogen-bond donors (Lipinski definition) is 2. The van der Waals surface area contributed by atoms with Gasteiger partial charge in [0.1, 0.15) is 19.0 Å². The van der Waals surface area contributed by atoms with Crippen molar-refractivity contribution in [3.63, 3.8) is 0 Å². The predicted molar refractivity (Wildman–Crippen MR) is 107 cm³/mol. The molecule has 0 saturated carbocycles. The minimum atomic E-state index is -4.67. The van der Waals surface area contributed by atoms with Gasteiger partial charge < -0.3 is 9.62 Å². The summed E-state index contributed by atoms with van der Waals surface area (Å²) >= 11 is 0. The van der Waals surface area contributed by atoms with Crippen molar-refractivity contribution in [1.82, 2.24) is 0 Å². The van der Waals surface area contributed by atoms with E-state index in [9.17, 15) is 0 Å². The minimum Gasteiger partial charge on any atom is -0.491 e. The molecule has 2 rings (SSSR count). The Morgan fingerprint density at radius 3 is 1.82 bits per heavy atom. The van der Waals surface area contributed by atoms with E-state index < -0.39 is 10.4 Å². The molecule has 0 amide bonds. The molecule has 28 heavy (non-hydrogen) atoms. The Morgan fingerprint density at radius 1 is 0.821 bits per heavy atom. The second-order valence-corrected chi connectivity index (χ2v) is 6.30. The largest absolute Gasteiger partial charge is 0.491 e. The average molecular weight is 408 g/mol. The molecule has 0 saturated heterocycles. The smallest absolute Gasteiger partial charge is 0.394 e. The summed E-state index contributed by atoms with van der Waals surface area (Å²) in [6.07, 6.45) is 5.22. The second-order valence-electron chi connectivity index (χ2n) is 5.40. The van der Waals surface area contributed by atoms with E-state index in [-0.39, 0.29) is 0 Å². The molecule has 2 aromatic rings. The van der Waals surface area contributed by atoms with Crippen LogP contribution in [0.5, 0.6) is 11.5 Å². The molecular formula is C20H24O7S. The maximum atomic E-state index is 8.74. The number of ether oxygens (including phenoxy) is 1. The lowest BCUT2D eigenvalue weighted by Gasteiger charge is -2.11. The van der Waals surface area contributed by atoms with Gasteiger partial charge in [0.25, 0.3) is 0 Å². The van der Waals surface area contributed by atoms with Crippen molar-refractivity contribution in [1.29, 1.82) is 0 Å². The molecule has 0 radical (unpaired) electrons. The number of hydrogen-bond acceptors (Lipinski definition) is 5. The molecule has 0 bridgehead atoms. The fourth-order valence-electron chi connectivity index (χ4n) is 2.17. The minimum absolute atomic E-state index is 0.338. The van der Waals surface area contributed by atoms with Crippen molar-refractivity contribution < 1.29 is 32.0 Å². The van der Waals surface area contributed by atoms with Gasteiger partial charge in [-0.05, 0) is 30.5 Å². The zero-order valence-corrected chi connectivity index (χ0v) is 16.2. The van der Waals surface area contributed by atoms with E-state index in [0.29, 0.717) is 19.0 Å². The van der Waals surface area contributed by atoms with Crippen molar-refractivity contribution in [2.75, 3.05) is 13.2 Å². The van der Waals surface area contributed by atoms with Crippen LogP contribution in [0.1, 0.15) is 11.1 Å². The number of benzene rings is 2. The van der Waals surface area contributed by atoms with Crippen LogP contribution in [-0.2, 0) is 28.1 Å². The fraction of sp³-hybridized carbons (Fsp3) is 0.200. The molecule has 8 heteroatoms. The Labute approximate surface area is 165 Å². The molecule has 0 unspecified atom stereocenters. The summed E-state index contributed by atoms with van der Waals surface area (Å²) in [4.78, 5) is 10.6. The van der Waals surface area contributed by atoms with Gasteiger partial charge in [0.15, 0.2) is 5.75 Å². The first-order chi connectivity index (χ1) is 13.3. The lowest BCUT2D eigenvalue weighted by molar-refractivity contribution is -0.211. The second kappa shape index (κ2) is 12.7. The average Bonchev–Trinajstić information content (AvgIpc) is 2.63. The van der Waals surface area contributed by atoms with E-state index in [1.807, 2.05) is 60.7 Å². The van der Waals surface area contributed by atoms with Crippen LogP contribution in [-0.4, -0.2) is 30.7 Å². The molecular weight excluding hydrogens is 384 g/mol. The van der Waals surface area contributed by atoms with Gasteiger partial charge in [-0.25, -0.2) is 0 Å². The lowest BCUT2D eigenvalue weighted by Crippen LogP contribution is -2.10. The Balaban J connectivity index is 0.000000696. The van der Waals surface area contributed by atoms with Gasteiger partial charge in [-0.3, -0.25) is 9.11 Å². The third-order valence-electron chi connectivity index (χ3n) is 3.25. The summed E-state index contributed by atoms with van der Waals surface area (Å²) in [5.74, 6) is 1.56. The van der Waals surface area contributed by atoms with Crippen LogP contribution in [0.3, 0.4) is 0 Å². The first-order valence-corrected chi connectivity index (χ1v) is 9.74. The standard InChI is InChI=1S/C20H22O3.H2O4S/c1-3-9-17-11-5-7-13-19(17)21-15-16-22-23-20-14-8-6-12-18(20)10-4-2;1-5(2,3)4/h3-8,11-14H,1-2,9-10,15-16H2;(H2,1,2,3,4). The van der Waals surface area contributed by atoms with Gasteiger partial charge in [0, 0.05) is 5.56 Å². The summed E-state index contributed by atoms with van der Waals surface area (Å²) in [5.41, 5.74) is 2.15. The molecule has 2 N–H and O–H groups in total. The van der Waals surface area contributed by atoms with Crippen LogP contribution < -0.4 is 9.62 Å². The van der Waals surface area contributed by atoms with Gasteiger partial charge in [0.05, 0.1) is 0 Å². The number of para-hydroxylation sites is 2. The van der Waals surface area contributed by atoms with Crippen molar-refractivity contribution in [2.24, 2.45) is 0 Å². The van der Waals surface area contributed by atoms with Crippen molar-refractivity contribution in [3.8, 4) is 11.5 Å². The molecule has 0 aliphatic heterocycles. The highest BCUT2D eigenvalue weighted by molar-refractivity contribution is 7.79. The van der Waals surface area contributed by atoms with Gasteiger partial charge in [-0.15, -0.1) is 13.2 Å². The Hall–Kier alpha value is -2.65. The number of rotatable bonds is 10. The quantitative estimate of drug-likeness (QED) is 0.202. The van der Waals surface area contributed by atoms with Crippen LogP contribution in [0, 0.1) is 0 Å². The zero-order valence-electron chi connectivity index (χ0n) is 15.4. The molecule has 0 heterocycles. The third-order valence-corrected chi connectivity index (χ3v) is 3.25. The van der Waals surface area contributed by atoms with Crippen molar-refractivity contribution >= 4 is 10.4 Å². The van der Waals surface area contributed by atoms with E-state index in [2.05, 4.69) is 13.2 Å². The van der Waals surface area contributed by atoms with E-state index in [1.165, 1.54) is 0 Å². The van der Waals surface area contributed by atoms with Crippen molar-refractivity contribution in [3.05, 3.63) is 85.0 Å². The number of allylic oxidation sites excluding steroid dienone is 2. The summed E-state index contributed by atoms with van der Waals surface area (Å²) in [7, 11) is -4.67. The Bertz CT molecular complexity index is 784. The van der Waals surface area contributed by atoms with Crippen LogP contribution in [0.15, 0.2) is 73.8 Å². The molecule has 0 fully saturated rings. The molecule has 152 valence electrons. The topological polar surface area (TPSA) is 102 Å². The molecule has 2 aromatic carbocycles. The summed E-state index contributed by atoms with van der Waals surface area (Å²) in [5, 5.41) is 0. The van der Waals surface area contributed by atoms with E-state index >= 15 is 0 Å². The summed E-state index contributed by atoms with van der Waals surface area (Å²) < 4.78 is 37.3. The van der Waals surface area contributed by atoms with Gasteiger partial charge in [-0.1, -0.05) is 48.6 Å². The molecule has 0 aromatic heterocycles. The molecule has 0 aliphatic carbocycles. The van der Waals surface area contributed by atoms with Gasteiger partial charge in [0.2, 0.25) is 0 Å². The molecule has 7 nitrogen and oxygen atoms in total. The zero-order chi connectivity index (χ0) is 20.8. The van der Waals surface area contributed by atoms with E-state index in [4.69, 9.17) is 32.0 Å². The lowest BCUT2D eigenvalue weighted by atomic mass is 10.1. The fourth-order valence-corrected chi connectivity index (χ4v) is 2.17. The maximum Gasteiger partial charge on any atom is 0.394 e. The first-order valence-electron chi connectivity index (χ1n) is 8.35. The van der Waals surface area contributed by atoms with Crippen LogP contribution in [0.25, 0.3) is 0 Å². The highest BCUT2D eigenvalue weighted by Gasteiger charge is 2.04. The van der Waals surface area contributed by atoms with Crippen LogP contribution >= 0.6 is 0 Å². The highest BCUT2D eigenvalue weighted by atomic mass is 32.3. The van der Waals surface area contributed by atoms with Crippen LogP contribution in [0.4, 0.5) is 0 Å². The van der Waals surface area contributed by atoms with E-state index in [0.717, 1.165) is 29.7 Å². The highest BCUT2D eigenvalue weighted by Crippen LogP contribution is 2.20. The third kappa shape index (κ3) is 10.5. The van der Waals surface area contributed by atoms with Gasteiger partial charge in [-0.2, -0.15) is 13.3 Å². The van der Waals surface area contributed by atoms with Gasteiger partial charge >= 0.3 is 10.4 Å². The Morgan fingerprint density at radius 2 is 1.29 bits per heavy atom. The maximum absolute atomic E-state index is 8.74. The Kier molecular flexibility index (Phi) is 10.6. The summed E-state index contributed by atoms with van der Waals surface area (Å²) in [6, 6.07) is 15.6. The monoisotopic (exact) mass is 408 g/mol. The normalized spacial score (nSPS) is 10.4. The molecule has 0 aliphatic rings. The predicted octanol–water partition coefficient (Wildman–Crippen LogP) is 3.88.